The zero-order valence-electron chi connectivity index (χ0n) is 13.5. The normalized spacial score (nSPS) is 11.0. The second kappa shape index (κ2) is 7.57. The summed E-state index contributed by atoms with van der Waals surface area (Å²) in [6, 6.07) is 13.9. The molecule has 1 amide bonds. The Bertz CT molecular complexity index is 891. The minimum absolute atomic E-state index is 0.0415. The molecular weight excluding hydrogens is 433 g/mol. The molecule has 0 atom stereocenters. The number of para-hydroxylation sites is 2. The van der Waals surface area contributed by atoms with Crippen molar-refractivity contribution in [1.82, 2.24) is 9.55 Å². The van der Waals surface area contributed by atoms with Crippen LogP contribution < -0.4 is 5.32 Å². The van der Waals surface area contributed by atoms with Gasteiger partial charge in [-0.15, -0.1) is 0 Å². The molecule has 0 aliphatic carbocycles. The molecule has 3 rings (SSSR count). The van der Waals surface area contributed by atoms with Gasteiger partial charge in [-0.3, -0.25) is 4.79 Å². The highest BCUT2D eigenvalue weighted by atomic mass is 127. The molecule has 0 aliphatic heterocycles. The second-order valence-electron chi connectivity index (χ2n) is 5.55. The summed E-state index contributed by atoms with van der Waals surface area (Å²) in [6.07, 6.45) is 2.04. The number of hydrogen-bond donors (Lipinski definition) is 1. The van der Waals surface area contributed by atoms with Crippen molar-refractivity contribution < 1.29 is 4.79 Å². The van der Waals surface area contributed by atoms with Crippen LogP contribution in [-0.4, -0.2) is 21.7 Å². The summed E-state index contributed by atoms with van der Waals surface area (Å²) >= 11 is 3.98. The maximum atomic E-state index is 12.5. The van der Waals surface area contributed by atoms with Crippen LogP contribution in [0.3, 0.4) is 0 Å². The van der Waals surface area contributed by atoms with Crippen LogP contribution in [0.2, 0.25) is 0 Å². The fourth-order valence-electron chi connectivity index (χ4n) is 2.56. The molecule has 4 nitrogen and oxygen atoms in total. The van der Waals surface area contributed by atoms with Crippen LogP contribution >= 0.6 is 34.4 Å². The molecule has 0 saturated heterocycles. The summed E-state index contributed by atoms with van der Waals surface area (Å²) in [4.78, 5) is 17.2. The average Bonchev–Trinajstić information content (AvgIpc) is 2.89. The number of aromatic nitrogens is 2. The summed E-state index contributed by atoms with van der Waals surface area (Å²) in [7, 11) is 0. The molecule has 2 aromatic carbocycles. The number of amides is 1. The van der Waals surface area contributed by atoms with E-state index in [0.717, 1.165) is 31.9 Å². The Hall–Kier alpha value is -1.54. The van der Waals surface area contributed by atoms with Gasteiger partial charge in [0.05, 0.1) is 16.8 Å². The first-order valence-corrected chi connectivity index (χ1v) is 10.0. The molecule has 1 N–H and O–H groups in total. The molecule has 0 unspecified atom stereocenters. The number of nitrogens with one attached hydrogen (secondary N) is 1. The van der Waals surface area contributed by atoms with E-state index in [2.05, 4.69) is 39.8 Å². The van der Waals surface area contributed by atoms with Crippen molar-refractivity contribution in [3.05, 3.63) is 57.4 Å². The number of fused-ring (bicyclic) bond motifs is 1. The Balaban J connectivity index is 1.84. The van der Waals surface area contributed by atoms with Gasteiger partial charge < -0.3 is 9.88 Å². The molecule has 0 saturated carbocycles. The van der Waals surface area contributed by atoms with Crippen molar-refractivity contribution in [3.8, 4) is 0 Å². The zero-order chi connectivity index (χ0) is 17.1. The molecular formula is C18H18IN3OS. The van der Waals surface area contributed by atoms with Gasteiger partial charge in [0.15, 0.2) is 0 Å². The standard InChI is InChI=1S/C18H18IN3OS/c1-12-7-8-13(9-14(12)19)20-18(23)10-22-16-6-4-3-5-15(16)21-17(22)11-24-2/h3-9H,10-11H2,1-2H3,(H,20,23). The van der Waals surface area contributed by atoms with E-state index < -0.39 is 0 Å². The van der Waals surface area contributed by atoms with E-state index in [9.17, 15) is 4.79 Å². The predicted octanol–water partition coefficient (Wildman–Crippen LogP) is 4.45. The highest BCUT2D eigenvalue weighted by molar-refractivity contribution is 14.1. The van der Waals surface area contributed by atoms with E-state index in [1.165, 1.54) is 5.56 Å². The minimum Gasteiger partial charge on any atom is -0.325 e. The number of anilines is 1. The maximum Gasteiger partial charge on any atom is 0.244 e. The predicted molar refractivity (Wildman–Crippen MR) is 109 cm³/mol. The largest absolute Gasteiger partial charge is 0.325 e. The fourth-order valence-corrected chi connectivity index (χ4v) is 3.55. The molecule has 0 bridgehead atoms. The van der Waals surface area contributed by atoms with Gasteiger partial charge in [-0.25, -0.2) is 4.98 Å². The van der Waals surface area contributed by atoms with Gasteiger partial charge >= 0.3 is 0 Å². The van der Waals surface area contributed by atoms with Gasteiger partial charge in [0.2, 0.25) is 5.91 Å². The van der Waals surface area contributed by atoms with E-state index in [1.807, 2.05) is 53.3 Å². The number of nitrogens with zero attached hydrogens (tertiary/aromatic N) is 2. The van der Waals surface area contributed by atoms with Crippen molar-refractivity contribution in [2.24, 2.45) is 0 Å². The Morgan fingerprint density at radius 3 is 2.83 bits per heavy atom. The molecule has 3 aromatic rings. The summed E-state index contributed by atoms with van der Waals surface area (Å²) < 4.78 is 3.14. The van der Waals surface area contributed by atoms with E-state index in [0.29, 0.717) is 0 Å². The number of thioether (sulfide) groups is 1. The second-order valence-corrected chi connectivity index (χ2v) is 7.58. The molecule has 0 aliphatic rings. The summed E-state index contributed by atoms with van der Waals surface area (Å²) in [6.45, 7) is 2.32. The van der Waals surface area contributed by atoms with Crippen LogP contribution in [0.15, 0.2) is 42.5 Å². The van der Waals surface area contributed by atoms with E-state index in [4.69, 9.17) is 0 Å². The molecule has 1 heterocycles. The number of aryl methyl sites for hydroxylation is 1. The summed E-state index contributed by atoms with van der Waals surface area (Å²) in [5.74, 6) is 1.67. The molecule has 6 heteroatoms. The van der Waals surface area contributed by atoms with Gasteiger partial charge in [-0.05, 0) is 65.6 Å². The van der Waals surface area contributed by atoms with E-state index >= 15 is 0 Å². The lowest BCUT2D eigenvalue weighted by molar-refractivity contribution is -0.116. The number of halogens is 1. The zero-order valence-corrected chi connectivity index (χ0v) is 16.5. The quantitative estimate of drug-likeness (QED) is 0.584. The highest BCUT2D eigenvalue weighted by Crippen LogP contribution is 2.20. The number of carbonyl (C=O) groups excluding carboxylic acids is 1. The number of hydrogen-bond acceptors (Lipinski definition) is 3. The van der Waals surface area contributed by atoms with Crippen molar-refractivity contribution in [2.75, 3.05) is 11.6 Å². The number of carbonyl (C=O) groups is 1. The molecule has 0 fully saturated rings. The smallest absolute Gasteiger partial charge is 0.244 e. The topological polar surface area (TPSA) is 46.9 Å². The number of imidazole rings is 1. The summed E-state index contributed by atoms with van der Waals surface area (Å²) in [5.41, 5.74) is 3.96. The van der Waals surface area contributed by atoms with Crippen LogP contribution in [-0.2, 0) is 17.1 Å². The van der Waals surface area contributed by atoms with E-state index in [1.54, 1.807) is 11.8 Å². The van der Waals surface area contributed by atoms with Crippen molar-refractivity contribution >= 4 is 57.0 Å². The third-order valence-electron chi connectivity index (χ3n) is 3.76. The SMILES string of the molecule is CSCc1nc2ccccc2n1CC(=O)Nc1ccc(C)c(I)c1. The van der Waals surface area contributed by atoms with Crippen LogP contribution in [0, 0.1) is 10.5 Å². The Labute approximate surface area is 159 Å². The third-order valence-corrected chi connectivity index (χ3v) is 5.47. The average molecular weight is 451 g/mol. The van der Waals surface area contributed by atoms with Gasteiger partial charge in [0, 0.05) is 9.26 Å². The van der Waals surface area contributed by atoms with Crippen molar-refractivity contribution in [1.29, 1.82) is 0 Å². The molecule has 24 heavy (non-hydrogen) atoms. The Morgan fingerprint density at radius 1 is 1.29 bits per heavy atom. The Morgan fingerprint density at radius 2 is 2.08 bits per heavy atom. The Kier molecular flexibility index (Phi) is 5.45. The number of benzene rings is 2. The van der Waals surface area contributed by atoms with E-state index in [-0.39, 0.29) is 12.5 Å². The molecule has 124 valence electrons. The molecule has 1 aromatic heterocycles. The van der Waals surface area contributed by atoms with Gasteiger partial charge in [-0.2, -0.15) is 11.8 Å². The van der Waals surface area contributed by atoms with Crippen molar-refractivity contribution in [3.63, 3.8) is 0 Å². The first-order chi connectivity index (χ1) is 11.6. The van der Waals surface area contributed by atoms with Crippen LogP contribution in [0.25, 0.3) is 11.0 Å². The highest BCUT2D eigenvalue weighted by Gasteiger charge is 2.13. The minimum atomic E-state index is -0.0415. The summed E-state index contributed by atoms with van der Waals surface area (Å²) in [5, 5.41) is 2.98. The maximum absolute atomic E-state index is 12.5. The van der Waals surface area contributed by atoms with Gasteiger partial charge in [-0.1, -0.05) is 18.2 Å². The fraction of sp³-hybridized carbons (Fsp3) is 0.222. The lowest BCUT2D eigenvalue weighted by atomic mass is 10.2. The van der Waals surface area contributed by atoms with Crippen LogP contribution in [0.5, 0.6) is 0 Å². The van der Waals surface area contributed by atoms with Crippen LogP contribution in [0.4, 0.5) is 5.69 Å². The number of rotatable bonds is 5. The lowest BCUT2D eigenvalue weighted by Crippen LogP contribution is -2.20. The van der Waals surface area contributed by atoms with Gasteiger partial charge in [0.1, 0.15) is 12.4 Å². The van der Waals surface area contributed by atoms with Gasteiger partial charge in [0.25, 0.3) is 0 Å². The first-order valence-electron chi connectivity index (χ1n) is 7.57. The molecule has 0 spiro atoms. The third kappa shape index (κ3) is 3.75. The van der Waals surface area contributed by atoms with Crippen molar-refractivity contribution in [2.45, 2.75) is 19.2 Å². The van der Waals surface area contributed by atoms with Crippen LogP contribution in [0.1, 0.15) is 11.4 Å². The molecule has 0 radical (unpaired) electrons. The monoisotopic (exact) mass is 451 g/mol. The first kappa shape index (κ1) is 17.3. The lowest BCUT2D eigenvalue weighted by Gasteiger charge is -2.10.